The van der Waals surface area contributed by atoms with Gasteiger partial charge in [0.05, 0.1) is 11.6 Å². The van der Waals surface area contributed by atoms with Crippen LogP contribution >= 0.6 is 11.6 Å². The minimum absolute atomic E-state index is 0.281. The van der Waals surface area contributed by atoms with E-state index in [0.717, 1.165) is 18.6 Å². The maximum absolute atomic E-state index is 12.2. The second-order valence-corrected chi connectivity index (χ2v) is 6.60. The first-order valence-corrected chi connectivity index (χ1v) is 8.11. The van der Waals surface area contributed by atoms with Gasteiger partial charge >= 0.3 is 0 Å². The lowest BCUT2D eigenvalue weighted by atomic mass is 10.2. The average Bonchev–Trinajstić information content (AvgIpc) is 3.23. The van der Waals surface area contributed by atoms with Gasteiger partial charge in [-0.2, -0.15) is 0 Å². The van der Waals surface area contributed by atoms with E-state index in [9.17, 15) is 4.79 Å². The normalized spacial score (nSPS) is 14.1. The van der Waals surface area contributed by atoms with Crippen LogP contribution in [0.4, 0.5) is 5.69 Å². The van der Waals surface area contributed by atoms with Crippen molar-refractivity contribution in [2.75, 3.05) is 11.9 Å². The minimum Gasteiger partial charge on any atom is -0.492 e. The summed E-state index contributed by atoms with van der Waals surface area (Å²) >= 11 is 6.19. The van der Waals surface area contributed by atoms with Crippen molar-refractivity contribution in [3.63, 3.8) is 0 Å². The number of hydrogen-bond donors (Lipinski definition) is 1. The number of nitrogens with zero attached hydrogens (tertiary/aromatic N) is 1. The number of halogens is 1. The van der Waals surface area contributed by atoms with Crippen molar-refractivity contribution in [2.24, 2.45) is 5.92 Å². The fourth-order valence-corrected chi connectivity index (χ4v) is 2.34. The molecule has 3 rings (SSSR count). The number of nitrogens with one attached hydrogen (secondary N) is 1. The van der Waals surface area contributed by atoms with Gasteiger partial charge in [-0.15, -0.1) is 0 Å². The van der Waals surface area contributed by atoms with E-state index in [0.29, 0.717) is 34.9 Å². The summed E-state index contributed by atoms with van der Waals surface area (Å²) in [7, 11) is 0. The first-order chi connectivity index (χ1) is 11.0. The zero-order valence-corrected chi connectivity index (χ0v) is 13.9. The summed E-state index contributed by atoms with van der Waals surface area (Å²) in [5, 5.41) is 7.04. The molecular formula is C17H19ClN2O3. The predicted molar refractivity (Wildman–Crippen MR) is 88.2 cm³/mol. The fraction of sp³-hybridized carbons (Fsp3) is 0.412. The van der Waals surface area contributed by atoms with E-state index >= 15 is 0 Å². The highest BCUT2D eigenvalue weighted by Crippen LogP contribution is 2.40. The van der Waals surface area contributed by atoms with E-state index in [4.69, 9.17) is 20.9 Å². The highest BCUT2D eigenvalue weighted by Gasteiger charge is 2.28. The summed E-state index contributed by atoms with van der Waals surface area (Å²) in [6, 6.07) is 6.87. The van der Waals surface area contributed by atoms with Gasteiger partial charge in [0.1, 0.15) is 11.5 Å². The van der Waals surface area contributed by atoms with Crippen molar-refractivity contribution in [1.82, 2.24) is 5.16 Å². The van der Waals surface area contributed by atoms with E-state index in [1.165, 1.54) is 0 Å². The summed E-state index contributed by atoms with van der Waals surface area (Å²) in [6.07, 6.45) is 2.20. The summed E-state index contributed by atoms with van der Waals surface area (Å²) in [5.74, 6) is 1.92. The molecule has 0 saturated heterocycles. The number of ether oxygens (including phenoxy) is 1. The monoisotopic (exact) mass is 334 g/mol. The predicted octanol–water partition coefficient (Wildman–Crippen LogP) is 4.49. The van der Waals surface area contributed by atoms with Gasteiger partial charge in [0.15, 0.2) is 5.69 Å². The number of rotatable bonds is 6. The second-order valence-electron chi connectivity index (χ2n) is 6.19. The van der Waals surface area contributed by atoms with Gasteiger partial charge in [0.25, 0.3) is 5.91 Å². The Labute approximate surface area is 139 Å². The molecule has 1 aliphatic rings. The topological polar surface area (TPSA) is 64.4 Å². The Morgan fingerprint density at radius 3 is 2.87 bits per heavy atom. The van der Waals surface area contributed by atoms with Gasteiger partial charge < -0.3 is 14.6 Å². The lowest BCUT2D eigenvalue weighted by molar-refractivity contribution is 0.101. The van der Waals surface area contributed by atoms with Gasteiger partial charge in [-0.3, -0.25) is 4.79 Å². The SMILES string of the molecule is CC(C)COc1ccc(NC(=O)c2cc(C3CC3)on2)cc1Cl. The Balaban J connectivity index is 1.64. The van der Waals surface area contributed by atoms with Crippen molar-refractivity contribution in [3.8, 4) is 5.75 Å². The maximum atomic E-state index is 12.2. The molecule has 1 aliphatic carbocycles. The first kappa shape index (κ1) is 15.9. The van der Waals surface area contributed by atoms with E-state index in [1.54, 1.807) is 24.3 Å². The third-order valence-electron chi connectivity index (χ3n) is 3.50. The molecule has 0 unspecified atom stereocenters. The van der Waals surface area contributed by atoms with Crippen LogP contribution in [0.25, 0.3) is 0 Å². The molecule has 2 aromatic rings. The lowest BCUT2D eigenvalue weighted by Crippen LogP contribution is -2.12. The Morgan fingerprint density at radius 2 is 2.22 bits per heavy atom. The van der Waals surface area contributed by atoms with Crippen LogP contribution in [0.2, 0.25) is 5.02 Å². The Kier molecular flexibility index (Phi) is 4.57. The molecule has 0 spiro atoms. The van der Waals surface area contributed by atoms with Crippen molar-refractivity contribution >= 4 is 23.2 Å². The third kappa shape index (κ3) is 4.05. The van der Waals surface area contributed by atoms with Crippen molar-refractivity contribution in [1.29, 1.82) is 0 Å². The van der Waals surface area contributed by atoms with Crippen LogP contribution in [0, 0.1) is 5.92 Å². The zero-order chi connectivity index (χ0) is 16.4. The van der Waals surface area contributed by atoms with Crippen molar-refractivity contribution in [2.45, 2.75) is 32.6 Å². The first-order valence-electron chi connectivity index (χ1n) is 7.73. The standard InChI is InChI=1S/C17H19ClN2O3/c1-10(2)9-22-15-6-5-12(7-13(15)18)19-17(21)14-8-16(23-20-14)11-3-4-11/h5-8,10-11H,3-4,9H2,1-2H3,(H,19,21). The number of anilines is 1. The zero-order valence-electron chi connectivity index (χ0n) is 13.1. The van der Waals surface area contributed by atoms with Crippen LogP contribution in [-0.2, 0) is 0 Å². The van der Waals surface area contributed by atoms with Gasteiger partial charge in [0.2, 0.25) is 0 Å². The number of aromatic nitrogens is 1. The quantitative estimate of drug-likeness (QED) is 0.845. The largest absolute Gasteiger partial charge is 0.492 e. The Morgan fingerprint density at radius 1 is 1.43 bits per heavy atom. The molecule has 1 heterocycles. The van der Waals surface area contributed by atoms with Gasteiger partial charge in [-0.05, 0) is 37.0 Å². The Hall–Kier alpha value is -2.01. The summed E-state index contributed by atoms with van der Waals surface area (Å²) in [4.78, 5) is 12.2. The molecule has 1 aromatic carbocycles. The number of benzene rings is 1. The molecule has 0 aliphatic heterocycles. The Bertz CT molecular complexity index is 708. The summed E-state index contributed by atoms with van der Waals surface area (Å²) in [5.41, 5.74) is 0.871. The van der Waals surface area contributed by atoms with Gasteiger partial charge in [-0.1, -0.05) is 30.6 Å². The molecule has 1 fully saturated rings. The van der Waals surface area contributed by atoms with E-state index < -0.39 is 0 Å². The van der Waals surface area contributed by atoms with Crippen LogP contribution in [0.1, 0.15) is 48.9 Å². The molecule has 0 atom stereocenters. The van der Waals surface area contributed by atoms with Crippen LogP contribution < -0.4 is 10.1 Å². The molecule has 1 amide bonds. The van der Waals surface area contributed by atoms with Crippen LogP contribution in [-0.4, -0.2) is 17.7 Å². The number of amides is 1. The van der Waals surface area contributed by atoms with E-state index in [1.807, 2.05) is 0 Å². The molecule has 23 heavy (non-hydrogen) atoms. The summed E-state index contributed by atoms with van der Waals surface area (Å²) < 4.78 is 10.8. The molecule has 122 valence electrons. The third-order valence-corrected chi connectivity index (χ3v) is 3.80. The molecule has 1 saturated carbocycles. The molecule has 0 radical (unpaired) electrons. The number of hydrogen-bond acceptors (Lipinski definition) is 4. The minimum atomic E-state index is -0.312. The molecule has 1 aromatic heterocycles. The second kappa shape index (κ2) is 6.62. The van der Waals surface area contributed by atoms with Crippen molar-refractivity contribution < 1.29 is 14.1 Å². The molecule has 6 heteroatoms. The van der Waals surface area contributed by atoms with Crippen LogP contribution in [0.5, 0.6) is 5.75 Å². The molecular weight excluding hydrogens is 316 g/mol. The van der Waals surface area contributed by atoms with Crippen LogP contribution in [0.3, 0.4) is 0 Å². The summed E-state index contributed by atoms with van der Waals surface area (Å²) in [6.45, 7) is 4.72. The number of carbonyl (C=O) groups excluding carboxylic acids is 1. The molecule has 1 N–H and O–H groups in total. The van der Waals surface area contributed by atoms with E-state index in [-0.39, 0.29) is 11.6 Å². The lowest BCUT2D eigenvalue weighted by Gasteiger charge is -2.11. The fourth-order valence-electron chi connectivity index (χ4n) is 2.10. The van der Waals surface area contributed by atoms with Crippen molar-refractivity contribution in [3.05, 3.63) is 40.7 Å². The van der Waals surface area contributed by atoms with Crippen LogP contribution in [0.15, 0.2) is 28.8 Å². The average molecular weight is 335 g/mol. The van der Waals surface area contributed by atoms with Gasteiger partial charge in [0, 0.05) is 17.7 Å². The number of carbonyl (C=O) groups is 1. The molecule has 5 nitrogen and oxygen atoms in total. The van der Waals surface area contributed by atoms with Gasteiger partial charge in [-0.25, -0.2) is 0 Å². The molecule has 0 bridgehead atoms. The van der Waals surface area contributed by atoms with E-state index in [2.05, 4.69) is 24.3 Å². The highest BCUT2D eigenvalue weighted by molar-refractivity contribution is 6.32. The highest BCUT2D eigenvalue weighted by atomic mass is 35.5. The maximum Gasteiger partial charge on any atom is 0.277 e. The smallest absolute Gasteiger partial charge is 0.277 e.